The fourth-order valence-electron chi connectivity index (χ4n) is 1.87. The maximum atomic E-state index is 5.99. The number of hydrogen-bond acceptors (Lipinski definition) is 3. The Morgan fingerprint density at radius 2 is 2.29 bits per heavy atom. The number of nitrogens with one attached hydrogen (secondary N) is 1. The summed E-state index contributed by atoms with van der Waals surface area (Å²) in [5.41, 5.74) is 2.44. The van der Waals surface area contributed by atoms with Gasteiger partial charge in [0.25, 0.3) is 0 Å². The molecule has 90 valence electrons. The summed E-state index contributed by atoms with van der Waals surface area (Å²) in [6.45, 7) is 5.09. The van der Waals surface area contributed by atoms with E-state index in [0.29, 0.717) is 0 Å². The highest BCUT2D eigenvalue weighted by Gasteiger charge is 2.17. The molecule has 1 heterocycles. The molecule has 1 unspecified atom stereocenters. The maximum Gasteiger partial charge on any atom is 0.114 e. The van der Waals surface area contributed by atoms with Gasteiger partial charge in [0.15, 0.2) is 0 Å². The Balaban J connectivity index is 2.39. The van der Waals surface area contributed by atoms with Gasteiger partial charge in [-0.1, -0.05) is 24.6 Å². The van der Waals surface area contributed by atoms with Crippen LogP contribution in [-0.2, 0) is 0 Å². The summed E-state index contributed by atoms with van der Waals surface area (Å²) >= 11 is 7.66. The van der Waals surface area contributed by atoms with Gasteiger partial charge in [0.05, 0.1) is 6.04 Å². The monoisotopic (exact) mass is 266 g/mol. The summed E-state index contributed by atoms with van der Waals surface area (Å²) in [6.07, 6.45) is 1.84. The van der Waals surface area contributed by atoms with Crippen molar-refractivity contribution in [3.8, 4) is 0 Å². The lowest BCUT2D eigenvalue weighted by Gasteiger charge is -2.18. The van der Waals surface area contributed by atoms with Gasteiger partial charge in [-0.2, -0.15) is 0 Å². The number of nitrogens with zero attached hydrogens (tertiary/aromatic N) is 1. The van der Waals surface area contributed by atoms with Crippen LogP contribution < -0.4 is 5.32 Å². The molecule has 0 spiro atoms. The molecule has 1 N–H and O–H groups in total. The summed E-state index contributed by atoms with van der Waals surface area (Å²) in [6, 6.07) is 6.17. The van der Waals surface area contributed by atoms with Crippen LogP contribution in [0.4, 0.5) is 0 Å². The predicted molar refractivity (Wildman–Crippen MR) is 73.8 cm³/mol. The van der Waals surface area contributed by atoms with Gasteiger partial charge >= 0.3 is 0 Å². The lowest BCUT2D eigenvalue weighted by atomic mass is 10.0. The smallest absolute Gasteiger partial charge is 0.114 e. The quantitative estimate of drug-likeness (QED) is 0.910. The van der Waals surface area contributed by atoms with Gasteiger partial charge < -0.3 is 5.32 Å². The highest BCUT2D eigenvalue weighted by molar-refractivity contribution is 7.09. The fourth-order valence-corrected chi connectivity index (χ4v) is 2.83. The standard InChI is InChI=1S/C13H15ClN2S/c1-3-15-12(13-16-6-7-17-13)11-5-4-10(14)8-9(11)2/h4-8,12,15H,3H2,1-2H3. The van der Waals surface area contributed by atoms with Gasteiger partial charge in [-0.25, -0.2) is 4.98 Å². The molecule has 2 aromatic rings. The molecule has 1 aromatic heterocycles. The van der Waals surface area contributed by atoms with Crippen molar-refractivity contribution < 1.29 is 0 Å². The third-order valence-corrected chi connectivity index (χ3v) is 3.72. The summed E-state index contributed by atoms with van der Waals surface area (Å²) in [4.78, 5) is 4.40. The van der Waals surface area contributed by atoms with E-state index in [0.717, 1.165) is 16.6 Å². The zero-order valence-corrected chi connectivity index (χ0v) is 11.5. The molecule has 0 radical (unpaired) electrons. The number of benzene rings is 1. The van der Waals surface area contributed by atoms with E-state index >= 15 is 0 Å². The maximum absolute atomic E-state index is 5.99. The first-order chi connectivity index (χ1) is 8.22. The van der Waals surface area contributed by atoms with Gasteiger partial charge in [-0.15, -0.1) is 11.3 Å². The Hall–Kier alpha value is -0.900. The molecule has 2 nitrogen and oxygen atoms in total. The minimum atomic E-state index is 0.164. The Bertz CT molecular complexity index is 482. The van der Waals surface area contributed by atoms with Crippen LogP contribution in [0.25, 0.3) is 0 Å². The third kappa shape index (κ3) is 2.86. The molecule has 4 heteroatoms. The molecule has 0 saturated heterocycles. The number of hydrogen-bond donors (Lipinski definition) is 1. The van der Waals surface area contributed by atoms with E-state index in [1.165, 1.54) is 11.1 Å². The molecule has 17 heavy (non-hydrogen) atoms. The first-order valence-corrected chi connectivity index (χ1v) is 6.87. The molecular formula is C13H15ClN2S. The zero-order valence-electron chi connectivity index (χ0n) is 9.90. The normalized spacial score (nSPS) is 12.6. The van der Waals surface area contributed by atoms with Crippen LogP contribution >= 0.6 is 22.9 Å². The van der Waals surface area contributed by atoms with E-state index in [2.05, 4.69) is 30.2 Å². The van der Waals surface area contributed by atoms with Crippen LogP contribution in [0.15, 0.2) is 29.8 Å². The highest BCUT2D eigenvalue weighted by atomic mass is 35.5. The molecule has 1 aromatic carbocycles. The Labute approximate surface area is 111 Å². The van der Waals surface area contributed by atoms with Crippen molar-refractivity contribution in [2.24, 2.45) is 0 Å². The van der Waals surface area contributed by atoms with E-state index in [1.54, 1.807) is 11.3 Å². The van der Waals surface area contributed by atoms with Crippen molar-refractivity contribution >= 4 is 22.9 Å². The highest BCUT2D eigenvalue weighted by Crippen LogP contribution is 2.27. The van der Waals surface area contributed by atoms with Gasteiger partial charge in [0.1, 0.15) is 5.01 Å². The minimum absolute atomic E-state index is 0.164. The van der Waals surface area contributed by atoms with Crippen molar-refractivity contribution in [3.05, 3.63) is 50.9 Å². The van der Waals surface area contributed by atoms with Crippen LogP contribution in [0.5, 0.6) is 0 Å². The Kier molecular flexibility index (Phi) is 4.15. The first kappa shape index (κ1) is 12.6. The second kappa shape index (κ2) is 5.63. The van der Waals surface area contributed by atoms with E-state index in [4.69, 9.17) is 11.6 Å². The molecule has 2 rings (SSSR count). The number of halogens is 1. The number of rotatable bonds is 4. The summed E-state index contributed by atoms with van der Waals surface area (Å²) in [5.74, 6) is 0. The van der Waals surface area contributed by atoms with Crippen molar-refractivity contribution in [1.29, 1.82) is 0 Å². The van der Waals surface area contributed by atoms with Crippen molar-refractivity contribution in [1.82, 2.24) is 10.3 Å². The van der Waals surface area contributed by atoms with Crippen molar-refractivity contribution in [2.45, 2.75) is 19.9 Å². The van der Waals surface area contributed by atoms with Crippen LogP contribution in [0, 0.1) is 6.92 Å². The molecule has 1 atom stereocenters. The summed E-state index contributed by atoms with van der Waals surface area (Å²) < 4.78 is 0. The second-order valence-electron chi connectivity index (χ2n) is 3.86. The Morgan fingerprint density at radius 1 is 1.47 bits per heavy atom. The first-order valence-electron chi connectivity index (χ1n) is 5.61. The molecule has 0 amide bonds. The average molecular weight is 267 g/mol. The largest absolute Gasteiger partial charge is 0.305 e. The number of aromatic nitrogens is 1. The van der Waals surface area contributed by atoms with Gasteiger partial charge in [-0.3, -0.25) is 0 Å². The van der Waals surface area contributed by atoms with Crippen molar-refractivity contribution in [2.75, 3.05) is 6.54 Å². The van der Waals surface area contributed by atoms with Gasteiger partial charge in [0.2, 0.25) is 0 Å². The zero-order chi connectivity index (χ0) is 12.3. The topological polar surface area (TPSA) is 24.9 Å². The van der Waals surface area contributed by atoms with E-state index < -0.39 is 0 Å². The molecule has 0 saturated carbocycles. The molecule has 0 aliphatic heterocycles. The number of aryl methyl sites for hydroxylation is 1. The van der Waals surface area contributed by atoms with Crippen LogP contribution in [0.3, 0.4) is 0 Å². The van der Waals surface area contributed by atoms with E-state index in [1.807, 2.05) is 23.7 Å². The lowest BCUT2D eigenvalue weighted by molar-refractivity contribution is 0.624. The third-order valence-electron chi connectivity index (χ3n) is 2.65. The molecular weight excluding hydrogens is 252 g/mol. The minimum Gasteiger partial charge on any atom is -0.305 e. The van der Waals surface area contributed by atoms with Crippen LogP contribution in [0.1, 0.15) is 29.1 Å². The van der Waals surface area contributed by atoms with E-state index in [9.17, 15) is 0 Å². The SMILES string of the molecule is CCNC(c1nccs1)c1ccc(Cl)cc1C. The second-order valence-corrected chi connectivity index (χ2v) is 5.22. The predicted octanol–water partition coefficient (Wildman–Crippen LogP) is 3.80. The van der Waals surface area contributed by atoms with Crippen LogP contribution in [-0.4, -0.2) is 11.5 Å². The Morgan fingerprint density at radius 3 is 2.88 bits per heavy atom. The molecule has 0 aliphatic carbocycles. The van der Waals surface area contributed by atoms with Gasteiger partial charge in [-0.05, 0) is 36.7 Å². The average Bonchev–Trinajstić information content (AvgIpc) is 2.80. The summed E-state index contributed by atoms with van der Waals surface area (Å²) in [7, 11) is 0. The molecule has 0 bridgehead atoms. The van der Waals surface area contributed by atoms with Crippen molar-refractivity contribution in [3.63, 3.8) is 0 Å². The fraction of sp³-hybridized carbons (Fsp3) is 0.308. The number of thiazole rings is 1. The lowest BCUT2D eigenvalue weighted by Crippen LogP contribution is -2.22. The van der Waals surface area contributed by atoms with Gasteiger partial charge in [0, 0.05) is 16.6 Å². The van der Waals surface area contributed by atoms with E-state index in [-0.39, 0.29) is 6.04 Å². The van der Waals surface area contributed by atoms with Crippen LogP contribution in [0.2, 0.25) is 5.02 Å². The molecule has 0 aliphatic rings. The summed E-state index contributed by atoms with van der Waals surface area (Å²) in [5, 5.41) is 7.34. The molecule has 0 fully saturated rings.